The van der Waals surface area contributed by atoms with Crippen molar-refractivity contribution in [2.24, 2.45) is 7.05 Å². The van der Waals surface area contributed by atoms with Crippen LogP contribution in [0.2, 0.25) is 0 Å². The van der Waals surface area contributed by atoms with Crippen molar-refractivity contribution in [3.63, 3.8) is 0 Å². The summed E-state index contributed by atoms with van der Waals surface area (Å²) in [7, 11) is 1.88. The predicted molar refractivity (Wildman–Crippen MR) is 53.4 cm³/mol. The van der Waals surface area contributed by atoms with Gasteiger partial charge in [-0.3, -0.25) is 4.68 Å². The highest BCUT2D eigenvalue weighted by Gasteiger charge is 2.10. The van der Waals surface area contributed by atoms with E-state index >= 15 is 0 Å². The van der Waals surface area contributed by atoms with E-state index in [4.69, 9.17) is 5.73 Å². The summed E-state index contributed by atoms with van der Waals surface area (Å²) < 4.78 is 1.78. The van der Waals surface area contributed by atoms with Gasteiger partial charge >= 0.3 is 0 Å². The summed E-state index contributed by atoms with van der Waals surface area (Å²) in [6.45, 7) is 1.99. The number of aryl methyl sites for hydroxylation is 2. The monoisotopic (exact) mass is 189 g/mol. The van der Waals surface area contributed by atoms with Crippen LogP contribution in [0.4, 0.5) is 5.82 Å². The van der Waals surface area contributed by atoms with Crippen molar-refractivity contribution in [3.05, 3.63) is 24.0 Å². The molecule has 2 aromatic heterocycles. The average molecular weight is 189 g/mol. The van der Waals surface area contributed by atoms with Crippen LogP contribution in [0.25, 0.3) is 11.3 Å². The van der Waals surface area contributed by atoms with Gasteiger partial charge in [-0.15, -0.1) is 5.10 Å². The van der Waals surface area contributed by atoms with Gasteiger partial charge in [0.05, 0.1) is 18.1 Å². The number of rotatable bonds is 1. The first-order valence-electron chi connectivity index (χ1n) is 4.26. The molecule has 2 heterocycles. The molecule has 0 aliphatic heterocycles. The van der Waals surface area contributed by atoms with Gasteiger partial charge in [-0.25, -0.2) is 0 Å². The standard InChI is InChI=1S/C9H11N5/c1-6-5-12-14(2)8(6)7-3-4-11-13-9(7)10/h3-5H,1-2H3,(H2,10,13). The average Bonchev–Trinajstić information content (AvgIpc) is 2.48. The lowest BCUT2D eigenvalue weighted by Crippen LogP contribution is -2.00. The zero-order valence-corrected chi connectivity index (χ0v) is 8.10. The van der Waals surface area contributed by atoms with Crippen molar-refractivity contribution in [2.45, 2.75) is 6.92 Å². The summed E-state index contributed by atoms with van der Waals surface area (Å²) in [5, 5.41) is 11.7. The minimum absolute atomic E-state index is 0.430. The molecule has 0 fully saturated rings. The van der Waals surface area contributed by atoms with Crippen LogP contribution in [0.3, 0.4) is 0 Å². The number of nitrogens with zero attached hydrogens (tertiary/aromatic N) is 4. The summed E-state index contributed by atoms with van der Waals surface area (Å²) in [6, 6.07) is 1.84. The topological polar surface area (TPSA) is 69.6 Å². The Balaban J connectivity index is 2.66. The number of aromatic nitrogens is 4. The Bertz CT molecular complexity index is 440. The van der Waals surface area contributed by atoms with Crippen molar-refractivity contribution >= 4 is 5.82 Å². The summed E-state index contributed by atoms with van der Waals surface area (Å²) in [6.07, 6.45) is 3.42. The molecule has 2 rings (SSSR count). The van der Waals surface area contributed by atoms with Crippen LogP contribution >= 0.6 is 0 Å². The maximum absolute atomic E-state index is 5.73. The van der Waals surface area contributed by atoms with Crippen LogP contribution < -0.4 is 5.73 Å². The van der Waals surface area contributed by atoms with E-state index in [1.165, 1.54) is 0 Å². The van der Waals surface area contributed by atoms with Gasteiger partial charge < -0.3 is 5.73 Å². The zero-order valence-electron chi connectivity index (χ0n) is 8.10. The van der Waals surface area contributed by atoms with E-state index < -0.39 is 0 Å². The summed E-state index contributed by atoms with van der Waals surface area (Å²) in [5.41, 5.74) is 8.67. The number of anilines is 1. The van der Waals surface area contributed by atoms with E-state index in [1.54, 1.807) is 17.1 Å². The van der Waals surface area contributed by atoms with E-state index in [0.29, 0.717) is 5.82 Å². The van der Waals surface area contributed by atoms with E-state index in [1.807, 2.05) is 20.0 Å². The lowest BCUT2D eigenvalue weighted by atomic mass is 10.1. The van der Waals surface area contributed by atoms with Gasteiger partial charge in [-0.05, 0) is 18.6 Å². The SMILES string of the molecule is Cc1cnn(C)c1-c1ccnnc1N. The highest BCUT2D eigenvalue weighted by Crippen LogP contribution is 2.25. The van der Waals surface area contributed by atoms with E-state index in [2.05, 4.69) is 15.3 Å². The Labute approximate surface area is 81.6 Å². The molecule has 5 heteroatoms. The Kier molecular flexibility index (Phi) is 1.92. The molecule has 0 aromatic carbocycles. The maximum atomic E-state index is 5.73. The van der Waals surface area contributed by atoms with Crippen molar-refractivity contribution in [3.8, 4) is 11.3 Å². The summed E-state index contributed by atoms with van der Waals surface area (Å²) in [5.74, 6) is 0.430. The van der Waals surface area contributed by atoms with Crippen LogP contribution in [0.5, 0.6) is 0 Å². The van der Waals surface area contributed by atoms with Gasteiger partial charge in [0.2, 0.25) is 0 Å². The molecule has 0 aliphatic carbocycles. The van der Waals surface area contributed by atoms with Crippen molar-refractivity contribution in [1.29, 1.82) is 0 Å². The van der Waals surface area contributed by atoms with Gasteiger partial charge in [0.1, 0.15) is 0 Å². The molecule has 5 nitrogen and oxygen atoms in total. The van der Waals surface area contributed by atoms with Crippen LogP contribution in [0.15, 0.2) is 18.5 Å². The molecule has 0 saturated carbocycles. The first-order chi connectivity index (χ1) is 6.70. The number of nitrogen functional groups attached to an aromatic ring is 1. The van der Waals surface area contributed by atoms with Crippen LogP contribution in [-0.4, -0.2) is 20.0 Å². The third-order valence-electron chi connectivity index (χ3n) is 2.13. The second-order valence-electron chi connectivity index (χ2n) is 3.13. The van der Waals surface area contributed by atoms with Gasteiger partial charge in [-0.1, -0.05) is 0 Å². The van der Waals surface area contributed by atoms with Gasteiger partial charge in [0.15, 0.2) is 5.82 Å². The normalized spacial score (nSPS) is 10.4. The Hall–Kier alpha value is -1.91. The molecule has 2 aromatic rings. The fraction of sp³-hybridized carbons (Fsp3) is 0.222. The first-order valence-corrected chi connectivity index (χ1v) is 4.26. The molecule has 14 heavy (non-hydrogen) atoms. The number of hydrogen-bond donors (Lipinski definition) is 1. The fourth-order valence-corrected chi connectivity index (χ4v) is 1.48. The molecule has 0 unspecified atom stereocenters. The molecule has 0 spiro atoms. The molecule has 0 amide bonds. The molecule has 0 aliphatic rings. The number of nitrogens with two attached hydrogens (primary N) is 1. The Morgan fingerprint density at radius 1 is 1.43 bits per heavy atom. The molecular weight excluding hydrogens is 178 g/mol. The zero-order chi connectivity index (χ0) is 10.1. The molecule has 72 valence electrons. The largest absolute Gasteiger partial charge is 0.382 e. The van der Waals surface area contributed by atoms with Crippen LogP contribution in [0, 0.1) is 6.92 Å². The molecule has 0 radical (unpaired) electrons. The third kappa shape index (κ3) is 1.22. The van der Waals surface area contributed by atoms with Crippen LogP contribution in [-0.2, 0) is 7.05 Å². The lowest BCUT2D eigenvalue weighted by molar-refractivity contribution is 0.775. The van der Waals surface area contributed by atoms with E-state index in [9.17, 15) is 0 Å². The van der Waals surface area contributed by atoms with Crippen LogP contribution in [0.1, 0.15) is 5.56 Å². The number of hydrogen-bond acceptors (Lipinski definition) is 4. The highest BCUT2D eigenvalue weighted by atomic mass is 15.3. The van der Waals surface area contributed by atoms with Gasteiger partial charge in [0, 0.05) is 12.6 Å². The van der Waals surface area contributed by atoms with Crippen molar-refractivity contribution in [2.75, 3.05) is 5.73 Å². The van der Waals surface area contributed by atoms with E-state index in [0.717, 1.165) is 16.8 Å². The van der Waals surface area contributed by atoms with E-state index in [-0.39, 0.29) is 0 Å². The molecule has 0 saturated heterocycles. The van der Waals surface area contributed by atoms with Crippen molar-refractivity contribution in [1.82, 2.24) is 20.0 Å². The summed E-state index contributed by atoms with van der Waals surface area (Å²) >= 11 is 0. The van der Waals surface area contributed by atoms with Crippen molar-refractivity contribution < 1.29 is 0 Å². The third-order valence-corrected chi connectivity index (χ3v) is 2.13. The molecular formula is C9H11N5. The minimum atomic E-state index is 0.430. The van der Waals surface area contributed by atoms with Gasteiger partial charge in [0.25, 0.3) is 0 Å². The highest BCUT2D eigenvalue weighted by molar-refractivity contribution is 5.72. The Morgan fingerprint density at radius 3 is 2.79 bits per heavy atom. The second-order valence-corrected chi connectivity index (χ2v) is 3.13. The smallest absolute Gasteiger partial charge is 0.155 e. The first kappa shape index (κ1) is 8.68. The molecule has 0 bridgehead atoms. The Morgan fingerprint density at radius 2 is 2.21 bits per heavy atom. The predicted octanol–water partition coefficient (Wildman–Crippen LogP) is 0.768. The second kappa shape index (κ2) is 3.10. The van der Waals surface area contributed by atoms with Gasteiger partial charge in [-0.2, -0.15) is 10.2 Å². The fourth-order valence-electron chi connectivity index (χ4n) is 1.48. The molecule has 2 N–H and O–H groups in total. The minimum Gasteiger partial charge on any atom is -0.382 e. The lowest BCUT2D eigenvalue weighted by Gasteiger charge is -2.05. The maximum Gasteiger partial charge on any atom is 0.155 e. The molecule has 0 atom stereocenters. The quantitative estimate of drug-likeness (QED) is 0.719. The summed E-state index contributed by atoms with van der Waals surface area (Å²) in [4.78, 5) is 0.